The normalized spacial score (nSPS) is 11.5. The number of para-hydroxylation sites is 1. The van der Waals surface area contributed by atoms with E-state index in [0.717, 1.165) is 6.07 Å². The Morgan fingerprint density at radius 2 is 1.76 bits per heavy atom. The van der Waals surface area contributed by atoms with Gasteiger partial charge in [-0.3, -0.25) is 4.79 Å². The van der Waals surface area contributed by atoms with Crippen LogP contribution in [0.5, 0.6) is 5.75 Å². The van der Waals surface area contributed by atoms with Gasteiger partial charge < -0.3 is 20.1 Å². The van der Waals surface area contributed by atoms with E-state index in [1.54, 1.807) is 38.1 Å². The number of hydrogen-bond donors (Lipinski definition) is 2. The van der Waals surface area contributed by atoms with Crippen molar-refractivity contribution in [2.24, 2.45) is 5.92 Å². The van der Waals surface area contributed by atoms with E-state index >= 15 is 0 Å². The van der Waals surface area contributed by atoms with Crippen LogP contribution in [0.2, 0.25) is 0 Å². The Bertz CT molecular complexity index is 871. The van der Waals surface area contributed by atoms with Crippen molar-refractivity contribution in [1.82, 2.24) is 5.32 Å². The number of ether oxygens (including phenoxy) is 2. The molecule has 0 saturated carbocycles. The average Bonchev–Trinajstić information content (AvgIpc) is 2.70. The molecule has 0 bridgehead atoms. The molecule has 154 valence electrons. The summed E-state index contributed by atoms with van der Waals surface area (Å²) < 4.78 is 23.6. The molecule has 0 fully saturated rings. The first-order valence-electron chi connectivity index (χ1n) is 8.97. The number of carbonyl (C=O) groups is 3. The highest BCUT2D eigenvalue weighted by Crippen LogP contribution is 2.18. The van der Waals surface area contributed by atoms with E-state index in [0.29, 0.717) is 5.69 Å². The molecule has 0 unspecified atom stereocenters. The predicted molar refractivity (Wildman–Crippen MR) is 105 cm³/mol. The molecule has 2 aromatic carbocycles. The molecular formula is C21H23FN2O5. The lowest BCUT2D eigenvalue weighted by Crippen LogP contribution is -2.47. The summed E-state index contributed by atoms with van der Waals surface area (Å²) in [6.07, 6.45) is 0. The Morgan fingerprint density at radius 1 is 1.07 bits per heavy atom. The SMILES string of the molecule is COc1ccc(C(=O)COC(=O)[C@@H](NC(=O)Nc2ccccc2)C(C)C)cc1F. The number of rotatable bonds is 8. The Hall–Kier alpha value is -3.42. The number of esters is 1. The molecule has 0 aliphatic rings. The quantitative estimate of drug-likeness (QED) is 0.521. The number of ketones is 1. The van der Waals surface area contributed by atoms with Crippen LogP contribution in [0.15, 0.2) is 48.5 Å². The van der Waals surface area contributed by atoms with Crippen LogP contribution in [0.3, 0.4) is 0 Å². The summed E-state index contributed by atoms with van der Waals surface area (Å²) in [4.78, 5) is 36.7. The third-order valence-electron chi connectivity index (χ3n) is 4.06. The van der Waals surface area contributed by atoms with Crippen molar-refractivity contribution in [2.75, 3.05) is 19.0 Å². The van der Waals surface area contributed by atoms with Crippen molar-refractivity contribution in [3.8, 4) is 5.75 Å². The third kappa shape index (κ3) is 6.31. The summed E-state index contributed by atoms with van der Waals surface area (Å²) in [5, 5.41) is 5.15. The first-order valence-corrected chi connectivity index (χ1v) is 8.97. The second kappa shape index (κ2) is 10.2. The molecule has 2 aromatic rings. The predicted octanol–water partition coefficient (Wildman–Crippen LogP) is 3.41. The highest BCUT2D eigenvalue weighted by molar-refractivity contribution is 5.98. The van der Waals surface area contributed by atoms with Gasteiger partial charge in [-0.15, -0.1) is 0 Å². The van der Waals surface area contributed by atoms with E-state index in [4.69, 9.17) is 9.47 Å². The number of carbonyl (C=O) groups excluding carboxylic acids is 3. The monoisotopic (exact) mass is 402 g/mol. The fourth-order valence-corrected chi connectivity index (χ4v) is 2.48. The summed E-state index contributed by atoms with van der Waals surface area (Å²) in [7, 11) is 1.31. The molecule has 0 radical (unpaired) electrons. The summed E-state index contributed by atoms with van der Waals surface area (Å²) in [6.45, 7) is 2.89. The fraction of sp³-hybridized carbons (Fsp3) is 0.286. The first kappa shape index (κ1) is 21.9. The number of methoxy groups -OCH3 is 1. The molecule has 2 amide bonds. The third-order valence-corrected chi connectivity index (χ3v) is 4.06. The molecule has 0 spiro atoms. The van der Waals surface area contributed by atoms with Gasteiger partial charge in [0.05, 0.1) is 7.11 Å². The maximum atomic E-state index is 13.7. The minimum atomic E-state index is -0.959. The van der Waals surface area contributed by atoms with E-state index in [-0.39, 0.29) is 17.2 Å². The maximum absolute atomic E-state index is 13.7. The van der Waals surface area contributed by atoms with E-state index in [9.17, 15) is 18.8 Å². The van der Waals surface area contributed by atoms with Crippen LogP contribution in [0.25, 0.3) is 0 Å². The lowest BCUT2D eigenvalue weighted by Gasteiger charge is -2.21. The van der Waals surface area contributed by atoms with Crippen LogP contribution >= 0.6 is 0 Å². The number of benzene rings is 2. The first-order chi connectivity index (χ1) is 13.8. The van der Waals surface area contributed by atoms with Crippen molar-refractivity contribution in [3.63, 3.8) is 0 Å². The van der Waals surface area contributed by atoms with Gasteiger partial charge in [-0.2, -0.15) is 0 Å². The lowest BCUT2D eigenvalue weighted by atomic mass is 10.0. The number of halogens is 1. The van der Waals surface area contributed by atoms with Crippen LogP contribution in [0.4, 0.5) is 14.9 Å². The van der Waals surface area contributed by atoms with Gasteiger partial charge >= 0.3 is 12.0 Å². The zero-order valence-electron chi connectivity index (χ0n) is 16.4. The lowest BCUT2D eigenvalue weighted by molar-refractivity contribution is -0.145. The summed E-state index contributed by atoms with van der Waals surface area (Å²) >= 11 is 0. The van der Waals surface area contributed by atoms with E-state index in [2.05, 4.69) is 10.6 Å². The zero-order chi connectivity index (χ0) is 21.4. The highest BCUT2D eigenvalue weighted by Gasteiger charge is 2.26. The second-order valence-corrected chi connectivity index (χ2v) is 6.57. The topological polar surface area (TPSA) is 93.7 Å². The Labute approximate surface area is 168 Å². The number of Topliss-reactive ketones (excluding diaryl/α,β-unsaturated/α-hetero) is 1. The Balaban J connectivity index is 1.94. The van der Waals surface area contributed by atoms with Gasteiger partial charge in [-0.1, -0.05) is 32.0 Å². The zero-order valence-corrected chi connectivity index (χ0v) is 16.4. The van der Waals surface area contributed by atoms with Gasteiger partial charge in [0.15, 0.2) is 24.0 Å². The molecule has 0 aromatic heterocycles. The van der Waals surface area contributed by atoms with Crippen LogP contribution < -0.4 is 15.4 Å². The van der Waals surface area contributed by atoms with Crippen molar-refractivity contribution in [2.45, 2.75) is 19.9 Å². The molecule has 8 heteroatoms. The standard InChI is InChI=1S/C21H23FN2O5/c1-13(2)19(24-21(27)23-15-7-5-4-6-8-15)20(26)29-12-17(25)14-9-10-18(28-3)16(22)11-14/h4-11,13,19H,12H2,1-3H3,(H2,23,24,27)/t19-/m0/s1. The molecule has 0 heterocycles. The van der Waals surface area contributed by atoms with Crippen molar-refractivity contribution in [1.29, 1.82) is 0 Å². The Kier molecular flexibility index (Phi) is 7.70. The number of amides is 2. The van der Waals surface area contributed by atoms with Crippen LogP contribution in [0.1, 0.15) is 24.2 Å². The second-order valence-electron chi connectivity index (χ2n) is 6.57. The number of nitrogens with one attached hydrogen (secondary N) is 2. The van der Waals surface area contributed by atoms with Gasteiger partial charge in [0.1, 0.15) is 6.04 Å². The van der Waals surface area contributed by atoms with Crippen LogP contribution in [-0.4, -0.2) is 37.5 Å². The van der Waals surface area contributed by atoms with Gasteiger partial charge in [0, 0.05) is 11.3 Å². The van der Waals surface area contributed by atoms with E-state index in [1.807, 2.05) is 6.07 Å². The largest absolute Gasteiger partial charge is 0.494 e. The number of urea groups is 1. The molecule has 29 heavy (non-hydrogen) atoms. The van der Waals surface area contributed by atoms with E-state index < -0.39 is 36.2 Å². The molecule has 2 N–H and O–H groups in total. The molecular weight excluding hydrogens is 379 g/mol. The highest BCUT2D eigenvalue weighted by atomic mass is 19.1. The van der Waals surface area contributed by atoms with Crippen molar-refractivity contribution in [3.05, 3.63) is 59.9 Å². The van der Waals surface area contributed by atoms with Crippen LogP contribution in [0, 0.1) is 11.7 Å². The van der Waals surface area contributed by atoms with Gasteiger partial charge in [0.2, 0.25) is 0 Å². The minimum absolute atomic E-state index is 0.00652. The summed E-state index contributed by atoms with van der Waals surface area (Å²) in [6, 6.07) is 10.9. The average molecular weight is 402 g/mol. The summed E-state index contributed by atoms with van der Waals surface area (Å²) in [5.41, 5.74) is 0.615. The van der Waals surface area contributed by atoms with Gasteiger partial charge in [-0.05, 0) is 36.2 Å². The smallest absolute Gasteiger partial charge is 0.329 e. The van der Waals surface area contributed by atoms with Gasteiger partial charge in [0.25, 0.3) is 0 Å². The summed E-state index contributed by atoms with van der Waals surface area (Å²) in [5.74, 6) is -2.30. The van der Waals surface area contributed by atoms with Crippen LogP contribution in [-0.2, 0) is 9.53 Å². The molecule has 0 aliphatic carbocycles. The maximum Gasteiger partial charge on any atom is 0.329 e. The molecule has 0 saturated heterocycles. The Morgan fingerprint density at radius 3 is 2.34 bits per heavy atom. The molecule has 1 atom stereocenters. The van der Waals surface area contributed by atoms with Crippen molar-refractivity contribution < 1.29 is 28.2 Å². The number of anilines is 1. The fourth-order valence-electron chi connectivity index (χ4n) is 2.48. The number of hydrogen-bond acceptors (Lipinski definition) is 5. The molecule has 2 rings (SSSR count). The molecule has 7 nitrogen and oxygen atoms in total. The molecule has 0 aliphatic heterocycles. The van der Waals surface area contributed by atoms with Crippen molar-refractivity contribution >= 4 is 23.5 Å². The van der Waals surface area contributed by atoms with E-state index in [1.165, 1.54) is 19.2 Å². The minimum Gasteiger partial charge on any atom is -0.494 e. The van der Waals surface area contributed by atoms with Gasteiger partial charge in [-0.25, -0.2) is 14.0 Å².